The predicted molar refractivity (Wildman–Crippen MR) is 329 cm³/mol. The average Bonchev–Trinajstić information content (AvgIpc) is 4.09. The van der Waals surface area contributed by atoms with Gasteiger partial charge in [0.2, 0.25) is 29.5 Å². The van der Waals surface area contributed by atoms with E-state index in [1.54, 1.807) is 69.0 Å². The van der Waals surface area contributed by atoms with Crippen LogP contribution in [0.3, 0.4) is 0 Å². The minimum absolute atomic E-state index is 0.0144. The van der Waals surface area contributed by atoms with Gasteiger partial charge in [-0.1, -0.05) is 110 Å². The number of methoxy groups -OCH3 is 2. The molecule has 0 aromatic heterocycles. The number of amides is 7. The standard InChI is InChI=1S/C63H98N8O13S/c1-14-40(6)57(52(81-11)35-55(75)71-32-22-27-49(71)59(82-12)41(7)60(77)66-42(8)58(76)44-23-18-17-19-24-44)69(9)61(78)45(38(2)3)34-50(72)56(39(4)5)70(10)63(80)83-36-43-28-29-51(48(33-43)67-53(73)30-31-65-54(74)37-85-13)84-62(79)68-47-26-21-16-15-20-25-46(47)64/h17-20,23-25,28-29,33,38-42,45-47,49,52,56-59,76H,14-16,21-22,26-27,30-32,34-37,64H2,1-13H3,(H,65,74)(H,66,77)(H,67,73)(H,68,79)/b25-20+/t40-,41+,42+,45-,46-,47?,49-,52+,56-,57-,58+,59+/m0/s1. The number of ketones is 1. The van der Waals surface area contributed by atoms with Crippen LogP contribution in [0.2, 0.25) is 0 Å². The van der Waals surface area contributed by atoms with Crippen molar-refractivity contribution in [3.63, 3.8) is 0 Å². The van der Waals surface area contributed by atoms with Crippen LogP contribution in [-0.2, 0) is 49.6 Å². The van der Waals surface area contributed by atoms with E-state index in [1.165, 1.54) is 50.1 Å². The molecular formula is C63H98N8O13S. The zero-order valence-electron chi connectivity index (χ0n) is 52.4. The second-order valence-electron chi connectivity index (χ2n) is 23.5. The molecule has 21 nitrogen and oxygen atoms in total. The van der Waals surface area contributed by atoms with Crippen LogP contribution in [0.25, 0.3) is 0 Å². The molecule has 474 valence electrons. The number of allylic oxidation sites excluding steroid dienone is 1. The number of nitrogens with one attached hydrogen (secondary N) is 4. The molecule has 22 heteroatoms. The second kappa shape index (κ2) is 35.5. The number of hydrogen-bond donors (Lipinski definition) is 6. The van der Waals surface area contributed by atoms with Gasteiger partial charge in [-0.2, -0.15) is 11.8 Å². The fourth-order valence-corrected chi connectivity index (χ4v) is 11.9. The van der Waals surface area contributed by atoms with Gasteiger partial charge in [-0.3, -0.25) is 28.8 Å². The van der Waals surface area contributed by atoms with Gasteiger partial charge in [0.05, 0.1) is 72.3 Å². The topological polar surface area (TPSA) is 278 Å². The lowest BCUT2D eigenvalue weighted by molar-refractivity contribution is -0.149. The van der Waals surface area contributed by atoms with Crippen molar-refractivity contribution < 1.29 is 62.4 Å². The van der Waals surface area contributed by atoms with Gasteiger partial charge >= 0.3 is 12.2 Å². The molecule has 85 heavy (non-hydrogen) atoms. The Morgan fingerprint density at radius 3 is 2.20 bits per heavy atom. The lowest BCUT2D eigenvalue weighted by Crippen LogP contribution is -2.55. The molecule has 1 unspecified atom stereocenters. The van der Waals surface area contributed by atoms with E-state index >= 15 is 0 Å². The Kier molecular flexibility index (Phi) is 29.9. The van der Waals surface area contributed by atoms with Gasteiger partial charge in [-0.15, -0.1) is 0 Å². The molecule has 2 aromatic carbocycles. The maximum Gasteiger partial charge on any atom is 0.412 e. The summed E-state index contributed by atoms with van der Waals surface area (Å²) in [4.78, 5) is 115. The molecule has 1 aliphatic carbocycles. The number of hydrogen-bond acceptors (Lipinski definition) is 15. The molecule has 1 saturated heterocycles. The van der Waals surface area contributed by atoms with E-state index in [9.17, 15) is 43.5 Å². The highest BCUT2D eigenvalue weighted by molar-refractivity contribution is 7.99. The summed E-state index contributed by atoms with van der Waals surface area (Å²) in [6, 6.07) is 10.2. The van der Waals surface area contributed by atoms with Crippen LogP contribution in [0.5, 0.6) is 5.75 Å². The van der Waals surface area contributed by atoms with E-state index in [0.29, 0.717) is 43.4 Å². The number of nitrogens with zero attached hydrogens (tertiary/aromatic N) is 3. The summed E-state index contributed by atoms with van der Waals surface area (Å²) in [5.74, 6) is -3.97. The van der Waals surface area contributed by atoms with Gasteiger partial charge in [0.15, 0.2) is 11.5 Å². The number of likely N-dealkylation sites (tertiary alicyclic amines) is 1. The Morgan fingerprint density at radius 2 is 1.56 bits per heavy atom. The molecule has 12 atom stereocenters. The summed E-state index contributed by atoms with van der Waals surface area (Å²) >= 11 is 1.35. The van der Waals surface area contributed by atoms with Crippen molar-refractivity contribution in [2.45, 2.75) is 181 Å². The molecule has 4 rings (SSSR count). The Bertz CT molecular complexity index is 2540. The molecule has 2 aliphatic rings. The minimum Gasteiger partial charge on any atom is -0.445 e. The number of carbonyl (C=O) groups is 8. The van der Waals surface area contributed by atoms with E-state index in [4.69, 9.17) is 24.7 Å². The van der Waals surface area contributed by atoms with E-state index < -0.39 is 84.4 Å². The summed E-state index contributed by atoms with van der Waals surface area (Å²) in [5, 5.41) is 22.2. The average molecular weight is 1210 g/mol. The molecule has 2 aromatic rings. The fourth-order valence-electron chi connectivity index (χ4n) is 11.5. The Morgan fingerprint density at radius 1 is 0.859 bits per heavy atom. The van der Waals surface area contributed by atoms with Gasteiger partial charge in [-0.25, -0.2) is 9.59 Å². The quantitative estimate of drug-likeness (QED) is 0.0402. The van der Waals surface area contributed by atoms with Crippen molar-refractivity contribution in [1.29, 1.82) is 0 Å². The number of benzene rings is 2. The number of aliphatic hydroxyl groups is 1. The number of likely N-dealkylation sites (N-methyl/N-ethyl adjacent to an activating group) is 2. The first-order valence-electron chi connectivity index (χ1n) is 30.0. The Balaban J connectivity index is 1.47. The Hall–Kier alpha value is -6.07. The molecule has 0 spiro atoms. The molecule has 1 fully saturated rings. The van der Waals surface area contributed by atoms with Crippen molar-refractivity contribution in [3.05, 3.63) is 71.8 Å². The SMILES string of the molecule is CC[C@H](C)[C@@H]([C@@H](CC(=O)N1CCC[C@H]1[C@H](OC)[C@@H](C)C(=O)N[C@H](C)[C@@H](O)c1ccccc1)OC)N(C)C(=O)[C@@H](CC(=O)[C@H](C(C)C)N(C)C(=O)OCc1ccc(OC(=O)NC2CCCC/C=C/[C@@H]2N)c(NC(=O)CCNC(=O)CSC)c1)C(C)C. The van der Waals surface area contributed by atoms with Crippen LogP contribution in [0, 0.1) is 29.6 Å². The highest BCUT2D eigenvalue weighted by Crippen LogP contribution is 2.33. The fraction of sp³-hybridized carbons (Fsp3) is 0.651. The van der Waals surface area contributed by atoms with Crippen LogP contribution in [0.4, 0.5) is 15.3 Å². The van der Waals surface area contributed by atoms with Crippen molar-refractivity contribution in [2.75, 3.05) is 58.7 Å². The Labute approximate surface area is 508 Å². The summed E-state index contributed by atoms with van der Waals surface area (Å²) in [5.41, 5.74) is 7.54. The first-order valence-corrected chi connectivity index (χ1v) is 31.4. The van der Waals surface area contributed by atoms with Crippen molar-refractivity contribution in [3.8, 4) is 5.75 Å². The van der Waals surface area contributed by atoms with Gasteiger partial charge in [0, 0.05) is 66.2 Å². The van der Waals surface area contributed by atoms with Gasteiger partial charge in [0.1, 0.15) is 6.61 Å². The van der Waals surface area contributed by atoms with Crippen LogP contribution < -0.4 is 31.7 Å². The molecule has 1 aliphatic heterocycles. The number of Topliss-reactive ketones (excluding diaryl/α,β-unsaturated/α-hetero) is 1. The number of thioether (sulfide) groups is 1. The molecule has 1 heterocycles. The lowest BCUT2D eigenvalue weighted by atomic mass is 9.83. The molecule has 0 bridgehead atoms. The third kappa shape index (κ3) is 21.1. The maximum atomic E-state index is 14.9. The van der Waals surface area contributed by atoms with E-state index in [0.717, 1.165) is 19.3 Å². The second-order valence-corrected chi connectivity index (χ2v) is 24.3. The lowest BCUT2D eigenvalue weighted by Gasteiger charge is -2.41. The molecule has 0 radical (unpaired) electrons. The molecular weight excluding hydrogens is 1110 g/mol. The molecule has 0 saturated carbocycles. The van der Waals surface area contributed by atoms with Crippen molar-refractivity contribution in [2.24, 2.45) is 35.3 Å². The maximum absolute atomic E-state index is 14.9. The molecule has 7 amide bonds. The molecule has 7 N–H and O–H groups in total. The normalized spacial score (nSPS) is 19.7. The number of ether oxygens (including phenoxy) is 4. The number of anilines is 1. The third-order valence-electron chi connectivity index (χ3n) is 16.5. The van der Waals surface area contributed by atoms with E-state index in [2.05, 4.69) is 21.3 Å². The predicted octanol–water partition coefficient (Wildman–Crippen LogP) is 7.39. The monoisotopic (exact) mass is 1210 g/mol. The summed E-state index contributed by atoms with van der Waals surface area (Å²) in [6.07, 6.45) is 6.69. The summed E-state index contributed by atoms with van der Waals surface area (Å²) < 4.78 is 23.6. The number of carbonyl (C=O) groups excluding carboxylic acids is 8. The number of nitrogens with two attached hydrogens (primary N) is 1. The number of aliphatic hydroxyl groups excluding tert-OH is 1. The van der Waals surface area contributed by atoms with Gasteiger partial charge in [-0.05, 0) is 86.3 Å². The van der Waals surface area contributed by atoms with Crippen LogP contribution in [0.15, 0.2) is 60.7 Å². The largest absolute Gasteiger partial charge is 0.445 e. The highest BCUT2D eigenvalue weighted by atomic mass is 32.2. The highest BCUT2D eigenvalue weighted by Gasteiger charge is 2.44. The van der Waals surface area contributed by atoms with Crippen LogP contribution in [-0.4, -0.2) is 169 Å². The van der Waals surface area contributed by atoms with E-state index in [-0.39, 0.29) is 96.9 Å². The first-order chi connectivity index (χ1) is 40.4. The van der Waals surface area contributed by atoms with E-state index in [1.807, 2.05) is 58.0 Å². The van der Waals surface area contributed by atoms with Crippen LogP contribution in [0.1, 0.15) is 137 Å². The summed E-state index contributed by atoms with van der Waals surface area (Å²) in [6.45, 7) is 15.0. The summed E-state index contributed by atoms with van der Waals surface area (Å²) in [7, 11) is 6.19. The van der Waals surface area contributed by atoms with Crippen molar-refractivity contribution >= 4 is 65.0 Å². The van der Waals surface area contributed by atoms with Crippen LogP contribution >= 0.6 is 11.8 Å². The van der Waals surface area contributed by atoms with Gasteiger partial charge in [0.25, 0.3) is 0 Å². The van der Waals surface area contributed by atoms with Gasteiger partial charge < -0.3 is 65.8 Å². The number of rotatable bonds is 31. The smallest absolute Gasteiger partial charge is 0.412 e. The zero-order valence-corrected chi connectivity index (χ0v) is 53.2. The van der Waals surface area contributed by atoms with Crippen molar-refractivity contribution in [1.82, 2.24) is 30.7 Å². The minimum atomic E-state index is -0.994. The zero-order chi connectivity index (χ0) is 63.1. The first kappa shape index (κ1) is 71.4. The third-order valence-corrected chi connectivity index (χ3v) is 17.1.